The van der Waals surface area contributed by atoms with E-state index in [1.165, 1.54) is 17.8 Å². The first kappa shape index (κ1) is 21.6. The van der Waals surface area contributed by atoms with Crippen molar-refractivity contribution >= 4 is 28.7 Å². The van der Waals surface area contributed by atoms with Crippen molar-refractivity contribution in [2.75, 3.05) is 5.32 Å². The van der Waals surface area contributed by atoms with Crippen molar-refractivity contribution in [3.8, 4) is 11.6 Å². The van der Waals surface area contributed by atoms with Crippen LogP contribution in [0.4, 0.5) is 10.6 Å². The third-order valence-corrected chi connectivity index (χ3v) is 5.71. The lowest BCUT2D eigenvalue weighted by Gasteiger charge is -2.12. The molecular formula is C24H24N6O4. The van der Waals surface area contributed by atoms with E-state index in [1.807, 2.05) is 32.9 Å². The first-order valence-electron chi connectivity index (χ1n) is 10.8. The van der Waals surface area contributed by atoms with Crippen molar-refractivity contribution in [1.29, 1.82) is 0 Å². The molecule has 4 aromatic rings. The molecule has 0 bridgehead atoms. The number of aromatic nitrogens is 4. The average Bonchev–Trinajstić information content (AvgIpc) is 3.51. The molecule has 0 fully saturated rings. The lowest BCUT2D eigenvalue weighted by Crippen LogP contribution is -2.21. The summed E-state index contributed by atoms with van der Waals surface area (Å²) in [5, 5.41) is 7.52. The molecule has 174 valence electrons. The molecule has 1 N–H and O–H groups in total. The van der Waals surface area contributed by atoms with Gasteiger partial charge in [0, 0.05) is 30.0 Å². The van der Waals surface area contributed by atoms with Gasteiger partial charge < -0.3 is 14.2 Å². The predicted octanol–water partition coefficient (Wildman–Crippen LogP) is 4.45. The lowest BCUT2D eigenvalue weighted by atomic mass is 9.93. The maximum atomic E-state index is 12.8. The molecule has 0 saturated carbocycles. The van der Waals surface area contributed by atoms with Crippen LogP contribution < -0.4 is 10.1 Å². The van der Waals surface area contributed by atoms with Gasteiger partial charge in [-0.25, -0.2) is 14.8 Å². The summed E-state index contributed by atoms with van der Waals surface area (Å²) >= 11 is 0. The summed E-state index contributed by atoms with van der Waals surface area (Å²) in [5.74, 6) is 2.01. The van der Waals surface area contributed by atoms with Gasteiger partial charge in [-0.2, -0.15) is 0 Å². The quantitative estimate of drug-likeness (QED) is 0.480. The van der Waals surface area contributed by atoms with Crippen molar-refractivity contribution in [3.05, 3.63) is 59.9 Å². The van der Waals surface area contributed by atoms with E-state index in [9.17, 15) is 9.59 Å². The first-order chi connectivity index (χ1) is 16.2. The molecule has 0 spiro atoms. The summed E-state index contributed by atoms with van der Waals surface area (Å²) < 4.78 is 12.9. The van der Waals surface area contributed by atoms with Crippen LogP contribution in [-0.2, 0) is 23.3 Å². The van der Waals surface area contributed by atoms with E-state index in [0.717, 1.165) is 16.6 Å². The molecule has 0 aliphatic carbocycles. The maximum Gasteiger partial charge on any atom is 0.331 e. The van der Waals surface area contributed by atoms with E-state index in [4.69, 9.17) is 9.26 Å². The van der Waals surface area contributed by atoms with E-state index in [0.29, 0.717) is 41.8 Å². The number of nitrogens with one attached hydrogen (secondary N) is 1. The number of nitrogens with zero attached hydrogens (tertiary/aromatic N) is 5. The fraction of sp³-hybridized carbons (Fsp3) is 0.292. The van der Waals surface area contributed by atoms with Gasteiger partial charge in [0.25, 0.3) is 0 Å². The van der Waals surface area contributed by atoms with Crippen LogP contribution in [0.2, 0.25) is 0 Å². The van der Waals surface area contributed by atoms with Gasteiger partial charge in [0.1, 0.15) is 17.8 Å². The summed E-state index contributed by atoms with van der Waals surface area (Å²) in [6, 6.07) is 8.60. The molecular weight excluding hydrogens is 436 g/mol. The van der Waals surface area contributed by atoms with Crippen molar-refractivity contribution in [3.63, 3.8) is 0 Å². The topological polar surface area (TPSA) is 115 Å². The normalized spacial score (nSPS) is 13.2. The Kier molecular flexibility index (Phi) is 5.07. The highest BCUT2D eigenvalue weighted by molar-refractivity contribution is 5.98. The van der Waals surface area contributed by atoms with Crippen molar-refractivity contribution < 1.29 is 18.8 Å². The predicted molar refractivity (Wildman–Crippen MR) is 124 cm³/mol. The number of benzene rings is 1. The largest absolute Gasteiger partial charge is 0.439 e. The minimum Gasteiger partial charge on any atom is -0.439 e. The van der Waals surface area contributed by atoms with E-state index in [2.05, 4.69) is 20.4 Å². The van der Waals surface area contributed by atoms with Crippen LogP contribution in [0.1, 0.15) is 44.7 Å². The van der Waals surface area contributed by atoms with Crippen LogP contribution >= 0.6 is 0 Å². The molecule has 0 atom stereocenters. The zero-order valence-electron chi connectivity index (χ0n) is 19.3. The summed E-state index contributed by atoms with van der Waals surface area (Å²) in [6.07, 6.45) is 3.12. The maximum absolute atomic E-state index is 12.8. The molecule has 10 heteroatoms. The summed E-state index contributed by atoms with van der Waals surface area (Å²) in [5.41, 5.74) is 2.09. The lowest BCUT2D eigenvalue weighted by molar-refractivity contribution is -0.129. The molecule has 0 radical (unpaired) electrons. The Labute approximate surface area is 195 Å². The Bertz CT molecular complexity index is 1410. The molecule has 34 heavy (non-hydrogen) atoms. The number of fused-ring (bicyclic) bond motifs is 2. The number of hydrogen-bond donors (Lipinski definition) is 1. The Balaban J connectivity index is 1.35. The fourth-order valence-corrected chi connectivity index (χ4v) is 3.79. The SMILES string of the molecule is CC(=O)N1Cc2ncnc(Oc3ccc4c(ccn4C(=O)Nc4cc(C(C)(C)C)on4)c3)c2C1. The number of anilines is 1. The first-order valence-corrected chi connectivity index (χ1v) is 10.8. The molecule has 1 aliphatic heterocycles. The molecule has 1 aromatic carbocycles. The van der Waals surface area contributed by atoms with Gasteiger partial charge in [-0.15, -0.1) is 0 Å². The molecule has 5 rings (SSSR count). The second-order valence-corrected chi connectivity index (χ2v) is 9.24. The van der Waals surface area contributed by atoms with E-state index < -0.39 is 0 Å². The number of carbonyl (C=O) groups excluding carboxylic acids is 2. The third-order valence-electron chi connectivity index (χ3n) is 5.71. The van der Waals surface area contributed by atoms with Crippen LogP contribution in [0.5, 0.6) is 11.6 Å². The van der Waals surface area contributed by atoms with Crippen molar-refractivity contribution in [1.82, 2.24) is 24.6 Å². The molecule has 10 nitrogen and oxygen atoms in total. The summed E-state index contributed by atoms with van der Waals surface area (Å²) in [4.78, 5) is 34.8. The number of rotatable bonds is 3. The number of carbonyl (C=O) groups is 2. The second kappa shape index (κ2) is 7.98. The zero-order valence-corrected chi connectivity index (χ0v) is 19.3. The van der Waals surface area contributed by atoms with Gasteiger partial charge in [0.05, 0.1) is 29.9 Å². The standard InChI is InChI=1S/C24H24N6O4/c1-14(31)29-11-17-18(12-29)25-13-26-22(17)33-16-5-6-19-15(9-16)7-8-30(19)23(32)27-21-10-20(34-28-21)24(2,3)4/h5-10,13H,11-12H2,1-4H3,(H,27,28,32). The third kappa shape index (κ3) is 3.98. The molecule has 1 aliphatic rings. The summed E-state index contributed by atoms with van der Waals surface area (Å²) in [7, 11) is 0. The van der Waals surface area contributed by atoms with Crippen LogP contribution in [0.3, 0.4) is 0 Å². The zero-order chi connectivity index (χ0) is 24.0. The number of amides is 2. The van der Waals surface area contributed by atoms with E-state index in [-0.39, 0.29) is 17.4 Å². The van der Waals surface area contributed by atoms with Gasteiger partial charge >= 0.3 is 6.03 Å². The van der Waals surface area contributed by atoms with Gasteiger partial charge in [0.15, 0.2) is 5.82 Å². The van der Waals surface area contributed by atoms with Gasteiger partial charge in [0.2, 0.25) is 11.8 Å². The minimum atomic E-state index is -0.352. The van der Waals surface area contributed by atoms with Crippen LogP contribution in [-0.4, -0.2) is 36.5 Å². The monoisotopic (exact) mass is 460 g/mol. The molecule has 4 heterocycles. The number of ether oxygens (including phenoxy) is 1. The van der Waals surface area contributed by atoms with Crippen molar-refractivity contribution in [2.24, 2.45) is 0 Å². The number of hydrogen-bond acceptors (Lipinski definition) is 7. The van der Waals surface area contributed by atoms with Crippen LogP contribution in [0.15, 0.2) is 47.4 Å². The fourth-order valence-electron chi connectivity index (χ4n) is 3.79. The Morgan fingerprint density at radius 1 is 1.12 bits per heavy atom. The Hall–Kier alpha value is -4.21. The van der Waals surface area contributed by atoms with E-state index in [1.54, 1.807) is 29.3 Å². The smallest absolute Gasteiger partial charge is 0.331 e. The average molecular weight is 460 g/mol. The van der Waals surface area contributed by atoms with Crippen LogP contribution in [0, 0.1) is 0 Å². The second-order valence-electron chi connectivity index (χ2n) is 9.24. The highest BCUT2D eigenvalue weighted by atomic mass is 16.5. The molecule has 0 unspecified atom stereocenters. The molecule has 2 amide bonds. The minimum absolute atomic E-state index is 0.0229. The highest BCUT2D eigenvalue weighted by Crippen LogP contribution is 2.32. The van der Waals surface area contributed by atoms with Gasteiger partial charge in [-0.1, -0.05) is 25.9 Å². The van der Waals surface area contributed by atoms with Crippen LogP contribution in [0.25, 0.3) is 10.9 Å². The van der Waals surface area contributed by atoms with Crippen molar-refractivity contribution in [2.45, 2.75) is 46.2 Å². The highest BCUT2D eigenvalue weighted by Gasteiger charge is 2.26. The molecule has 3 aromatic heterocycles. The van der Waals surface area contributed by atoms with E-state index >= 15 is 0 Å². The van der Waals surface area contributed by atoms with Gasteiger partial charge in [-0.05, 0) is 24.3 Å². The Morgan fingerprint density at radius 3 is 2.68 bits per heavy atom. The van der Waals surface area contributed by atoms with Gasteiger partial charge in [-0.3, -0.25) is 14.7 Å². The Morgan fingerprint density at radius 2 is 1.94 bits per heavy atom. The summed E-state index contributed by atoms with van der Waals surface area (Å²) in [6.45, 7) is 8.41. The molecule has 0 saturated heterocycles.